The van der Waals surface area contributed by atoms with Gasteiger partial charge in [-0.2, -0.15) is 17.9 Å². The number of benzene rings is 2. The number of thiophene rings is 1. The molecule has 4 rings (SSSR count). The normalized spacial score (nSPS) is 16.9. The summed E-state index contributed by atoms with van der Waals surface area (Å²) in [6, 6.07) is 18.3. The van der Waals surface area contributed by atoms with Crippen molar-refractivity contribution in [3.05, 3.63) is 82.6 Å². The molecular formula is C21H21N3O4S3. The SMILES string of the molecule is CCS(=O)(=O)Nc1ccccc1C1=NN(S(=O)(=O)c2ccccc2)C(c2cccs2)C1. The highest BCUT2D eigenvalue weighted by Gasteiger charge is 2.38. The quantitative estimate of drug-likeness (QED) is 0.558. The van der Waals surface area contributed by atoms with Gasteiger partial charge in [-0.15, -0.1) is 11.3 Å². The Labute approximate surface area is 186 Å². The molecule has 1 atom stereocenters. The number of sulfonamides is 2. The van der Waals surface area contributed by atoms with Crippen molar-refractivity contribution in [2.45, 2.75) is 24.3 Å². The number of hydrogen-bond donors (Lipinski definition) is 1. The van der Waals surface area contributed by atoms with Gasteiger partial charge >= 0.3 is 0 Å². The predicted octanol–water partition coefficient (Wildman–Crippen LogP) is 4.05. The summed E-state index contributed by atoms with van der Waals surface area (Å²) in [5.74, 6) is -0.0693. The number of nitrogens with zero attached hydrogens (tertiary/aromatic N) is 2. The maximum Gasteiger partial charge on any atom is 0.279 e. The molecule has 0 saturated heterocycles. The van der Waals surface area contributed by atoms with Crippen LogP contribution in [0.3, 0.4) is 0 Å². The third-order valence-corrected chi connectivity index (χ3v) is 8.88. The monoisotopic (exact) mass is 475 g/mol. The Morgan fingerprint density at radius 1 is 1.00 bits per heavy atom. The maximum absolute atomic E-state index is 13.4. The van der Waals surface area contributed by atoms with Gasteiger partial charge in [-0.05, 0) is 36.6 Å². The van der Waals surface area contributed by atoms with Gasteiger partial charge in [-0.3, -0.25) is 4.72 Å². The van der Waals surface area contributed by atoms with Crippen molar-refractivity contribution < 1.29 is 16.8 Å². The highest BCUT2D eigenvalue weighted by Crippen LogP contribution is 2.39. The molecule has 0 spiro atoms. The second kappa shape index (κ2) is 8.45. The summed E-state index contributed by atoms with van der Waals surface area (Å²) >= 11 is 1.46. The fourth-order valence-electron chi connectivity index (χ4n) is 3.33. The Morgan fingerprint density at radius 2 is 1.71 bits per heavy atom. The van der Waals surface area contributed by atoms with E-state index in [1.807, 2.05) is 17.5 Å². The van der Waals surface area contributed by atoms with Gasteiger partial charge in [0, 0.05) is 16.9 Å². The summed E-state index contributed by atoms with van der Waals surface area (Å²) in [6.07, 6.45) is 0.331. The molecule has 1 aromatic heterocycles. The molecular weight excluding hydrogens is 454 g/mol. The first kappa shape index (κ1) is 21.5. The van der Waals surface area contributed by atoms with Gasteiger partial charge in [-0.1, -0.05) is 42.5 Å². The Bertz CT molecular complexity index is 1300. The maximum atomic E-state index is 13.4. The lowest BCUT2D eigenvalue weighted by Gasteiger charge is -2.22. The van der Waals surface area contributed by atoms with Crippen LogP contribution in [0.4, 0.5) is 5.69 Å². The van der Waals surface area contributed by atoms with Crippen molar-refractivity contribution >= 4 is 42.8 Å². The summed E-state index contributed by atoms with van der Waals surface area (Å²) in [6.45, 7) is 1.55. The van der Waals surface area contributed by atoms with Crippen LogP contribution in [0, 0.1) is 0 Å². The van der Waals surface area contributed by atoms with Crippen LogP contribution in [0.5, 0.6) is 0 Å². The minimum Gasteiger partial charge on any atom is -0.283 e. The second-order valence-electron chi connectivity index (χ2n) is 6.92. The summed E-state index contributed by atoms with van der Waals surface area (Å²) in [5, 5.41) is 6.39. The molecule has 31 heavy (non-hydrogen) atoms. The van der Waals surface area contributed by atoms with E-state index in [4.69, 9.17) is 0 Å². The molecule has 1 N–H and O–H groups in total. The van der Waals surface area contributed by atoms with E-state index in [9.17, 15) is 16.8 Å². The zero-order valence-corrected chi connectivity index (χ0v) is 19.1. The van der Waals surface area contributed by atoms with Crippen molar-refractivity contribution in [1.29, 1.82) is 0 Å². The molecule has 0 fully saturated rings. The standard InChI is InChI=1S/C21H21N3O4S3/c1-2-30(25,26)23-18-12-7-6-11-17(18)19-15-20(21-13-8-14-29-21)24(22-19)31(27,28)16-9-4-3-5-10-16/h3-14,20,23H,2,15H2,1H3. The highest BCUT2D eigenvalue weighted by atomic mass is 32.2. The van der Waals surface area contributed by atoms with Crippen molar-refractivity contribution in [3.8, 4) is 0 Å². The van der Waals surface area contributed by atoms with Crippen LogP contribution in [0.25, 0.3) is 0 Å². The van der Waals surface area contributed by atoms with Crippen LogP contribution in [-0.4, -0.2) is 32.7 Å². The molecule has 1 aliphatic rings. The first-order valence-electron chi connectivity index (χ1n) is 9.62. The average Bonchev–Trinajstić information content (AvgIpc) is 3.45. The molecule has 0 amide bonds. The number of para-hydroxylation sites is 1. The summed E-state index contributed by atoms with van der Waals surface area (Å²) < 4.78 is 54.8. The Hall–Kier alpha value is -2.69. The van der Waals surface area contributed by atoms with Crippen molar-refractivity contribution in [1.82, 2.24) is 4.41 Å². The molecule has 1 aliphatic heterocycles. The molecule has 3 aromatic rings. The fourth-order valence-corrected chi connectivity index (χ4v) is 6.31. The Morgan fingerprint density at radius 3 is 2.39 bits per heavy atom. The molecule has 1 unspecified atom stereocenters. The number of rotatable bonds is 7. The van der Waals surface area contributed by atoms with Crippen LogP contribution in [0.15, 0.2) is 82.1 Å². The summed E-state index contributed by atoms with van der Waals surface area (Å²) in [7, 11) is -7.39. The highest BCUT2D eigenvalue weighted by molar-refractivity contribution is 7.92. The first-order valence-corrected chi connectivity index (χ1v) is 13.6. The Balaban J connectivity index is 1.80. The van der Waals surface area contributed by atoms with E-state index in [-0.39, 0.29) is 10.6 Å². The van der Waals surface area contributed by atoms with Crippen LogP contribution < -0.4 is 4.72 Å². The van der Waals surface area contributed by atoms with E-state index in [0.717, 1.165) is 9.29 Å². The van der Waals surface area contributed by atoms with E-state index in [1.165, 1.54) is 23.5 Å². The first-order chi connectivity index (χ1) is 14.8. The molecule has 0 radical (unpaired) electrons. The molecule has 2 heterocycles. The Kier molecular flexibility index (Phi) is 5.87. The van der Waals surface area contributed by atoms with E-state index in [1.54, 1.807) is 49.4 Å². The van der Waals surface area contributed by atoms with Gasteiger partial charge < -0.3 is 0 Å². The number of hydrogen-bond acceptors (Lipinski definition) is 6. The minimum absolute atomic E-state index is 0.0693. The number of nitrogens with one attached hydrogen (secondary N) is 1. The van der Waals surface area contributed by atoms with Gasteiger partial charge in [0.15, 0.2) is 0 Å². The molecule has 0 saturated carbocycles. The van der Waals surface area contributed by atoms with Gasteiger partial charge in [0.1, 0.15) is 6.04 Å². The number of hydrazone groups is 1. The van der Waals surface area contributed by atoms with Crippen LogP contribution >= 0.6 is 11.3 Å². The third-order valence-electron chi connectivity index (χ3n) is 4.91. The molecule has 10 heteroatoms. The minimum atomic E-state index is -3.89. The average molecular weight is 476 g/mol. The van der Waals surface area contributed by atoms with Crippen LogP contribution in [0.2, 0.25) is 0 Å². The molecule has 162 valence electrons. The fraction of sp³-hybridized carbons (Fsp3) is 0.190. The van der Waals surface area contributed by atoms with E-state index in [0.29, 0.717) is 23.4 Å². The third kappa shape index (κ3) is 4.36. The van der Waals surface area contributed by atoms with E-state index in [2.05, 4.69) is 9.82 Å². The second-order valence-corrected chi connectivity index (χ2v) is 11.7. The largest absolute Gasteiger partial charge is 0.283 e. The summed E-state index contributed by atoms with van der Waals surface area (Å²) in [4.78, 5) is 1.02. The summed E-state index contributed by atoms with van der Waals surface area (Å²) in [5.41, 5.74) is 1.45. The van der Waals surface area contributed by atoms with Gasteiger partial charge in [-0.25, -0.2) is 8.42 Å². The van der Waals surface area contributed by atoms with Crippen molar-refractivity contribution in [2.75, 3.05) is 10.5 Å². The van der Waals surface area contributed by atoms with Gasteiger partial charge in [0.25, 0.3) is 10.0 Å². The molecule has 0 bridgehead atoms. The van der Waals surface area contributed by atoms with Crippen LogP contribution in [-0.2, 0) is 20.0 Å². The molecule has 2 aromatic carbocycles. The lowest BCUT2D eigenvalue weighted by Crippen LogP contribution is -2.26. The lowest BCUT2D eigenvalue weighted by atomic mass is 10.0. The zero-order valence-electron chi connectivity index (χ0n) is 16.7. The zero-order chi connectivity index (χ0) is 22.1. The van der Waals surface area contributed by atoms with Gasteiger partial charge in [0.05, 0.1) is 22.0 Å². The van der Waals surface area contributed by atoms with Crippen molar-refractivity contribution in [3.63, 3.8) is 0 Å². The van der Waals surface area contributed by atoms with Gasteiger partial charge in [0.2, 0.25) is 10.0 Å². The van der Waals surface area contributed by atoms with E-state index < -0.39 is 26.1 Å². The van der Waals surface area contributed by atoms with Crippen LogP contribution in [0.1, 0.15) is 29.8 Å². The van der Waals surface area contributed by atoms with E-state index >= 15 is 0 Å². The lowest BCUT2D eigenvalue weighted by molar-refractivity contribution is 0.375. The topological polar surface area (TPSA) is 95.9 Å². The smallest absolute Gasteiger partial charge is 0.279 e. The predicted molar refractivity (Wildman–Crippen MR) is 123 cm³/mol. The molecule has 7 nitrogen and oxygen atoms in total. The molecule has 0 aliphatic carbocycles. The number of anilines is 1. The van der Waals surface area contributed by atoms with Crippen molar-refractivity contribution in [2.24, 2.45) is 5.10 Å².